The number of hydrogen-bond acceptors (Lipinski definition) is 3. The van der Waals surface area contributed by atoms with Gasteiger partial charge in [0.2, 0.25) is 0 Å². The van der Waals surface area contributed by atoms with E-state index < -0.39 is 19.2 Å². The molecule has 5 nitrogen and oxygen atoms in total. The number of carbonyl (C=O) groups is 1. The van der Waals surface area contributed by atoms with Crippen molar-refractivity contribution in [1.29, 1.82) is 0 Å². The highest BCUT2D eigenvalue weighted by atomic mass is 31.2. The van der Waals surface area contributed by atoms with Crippen LogP contribution in [0, 0.1) is 0 Å². The van der Waals surface area contributed by atoms with E-state index in [2.05, 4.69) is 4.74 Å². The van der Waals surface area contributed by atoms with Gasteiger partial charge in [0.05, 0.1) is 7.11 Å². The maximum atomic E-state index is 10.7. The summed E-state index contributed by atoms with van der Waals surface area (Å²) < 4.78 is 14.8. The summed E-state index contributed by atoms with van der Waals surface area (Å²) in [6.45, 7) is 1.51. The summed E-state index contributed by atoms with van der Waals surface area (Å²) in [5.74, 6) is -0.860. The molecule has 0 amide bonds. The third-order valence-corrected chi connectivity index (χ3v) is 2.65. The third kappa shape index (κ3) is 3.01. The van der Waals surface area contributed by atoms with Gasteiger partial charge < -0.3 is 14.5 Å². The van der Waals surface area contributed by atoms with Crippen molar-refractivity contribution in [2.45, 2.75) is 19.0 Å². The monoisotopic (exact) mass is 182 g/mol. The summed E-state index contributed by atoms with van der Waals surface area (Å²) in [6.07, 6.45) is 0.0803. The minimum absolute atomic E-state index is 0.0803. The Morgan fingerprint density at radius 1 is 1.64 bits per heavy atom. The van der Waals surface area contributed by atoms with E-state index in [1.54, 1.807) is 0 Å². The zero-order valence-corrected chi connectivity index (χ0v) is 7.25. The molecule has 0 aliphatic rings. The topological polar surface area (TPSA) is 83.8 Å². The molecule has 66 valence electrons. The van der Waals surface area contributed by atoms with Crippen LogP contribution in [0.4, 0.5) is 0 Å². The summed E-state index contributed by atoms with van der Waals surface area (Å²) in [6, 6.07) is 0. The van der Waals surface area contributed by atoms with E-state index in [0.717, 1.165) is 7.11 Å². The molecule has 0 aromatic rings. The van der Waals surface area contributed by atoms with Crippen LogP contribution in [-0.2, 0) is 14.1 Å². The highest BCUT2D eigenvalue weighted by Crippen LogP contribution is 2.43. The average molecular weight is 182 g/mol. The van der Waals surface area contributed by atoms with E-state index in [9.17, 15) is 9.36 Å². The van der Waals surface area contributed by atoms with Crippen molar-refractivity contribution in [3.63, 3.8) is 0 Å². The summed E-state index contributed by atoms with van der Waals surface area (Å²) in [5.41, 5.74) is -1.31. The molecule has 0 saturated carbocycles. The Balaban J connectivity index is 4.42. The Bertz CT molecular complexity index is 183. The van der Waals surface area contributed by atoms with Gasteiger partial charge >= 0.3 is 13.6 Å². The fourth-order valence-corrected chi connectivity index (χ4v) is 1.53. The van der Waals surface area contributed by atoms with Crippen molar-refractivity contribution in [2.75, 3.05) is 7.11 Å². The quantitative estimate of drug-likeness (QED) is 0.478. The lowest BCUT2D eigenvalue weighted by Gasteiger charge is -2.12. The molecule has 0 heterocycles. The minimum atomic E-state index is -4.32. The summed E-state index contributed by atoms with van der Waals surface area (Å²) in [5, 5.41) is 0. The van der Waals surface area contributed by atoms with Crippen LogP contribution in [0.15, 0.2) is 0 Å². The molecule has 1 unspecified atom stereocenters. The fraction of sp³-hybridized carbons (Fsp3) is 0.800. The second kappa shape index (κ2) is 3.85. The van der Waals surface area contributed by atoms with E-state index in [0.29, 0.717) is 0 Å². The van der Waals surface area contributed by atoms with Crippen molar-refractivity contribution in [3.05, 3.63) is 0 Å². The van der Waals surface area contributed by atoms with Gasteiger partial charge in [0, 0.05) is 0 Å². The molecule has 0 fully saturated rings. The number of rotatable bonds is 3. The lowest BCUT2D eigenvalue weighted by Crippen LogP contribution is -2.21. The fourth-order valence-electron chi connectivity index (χ4n) is 0.678. The van der Waals surface area contributed by atoms with Crippen LogP contribution >= 0.6 is 7.60 Å². The largest absolute Gasteiger partial charge is 0.468 e. The Kier molecular flexibility index (Phi) is 3.72. The lowest BCUT2D eigenvalue weighted by atomic mass is 10.3. The Labute approximate surface area is 64.5 Å². The molecular weight excluding hydrogens is 171 g/mol. The summed E-state index contributed by atoms with van der Waals surface area (Å²) >= 11 is 0. The molecule has 0 rings (SSSR count). The van der Waals surface area contributed by atoms with Gasteiger partial charge in [-0.2, -0.15) is 0 Å². The van der Waals surface area contributed by atoms with E-state index >= 15 is 0 Å². The van der Waals surface area contributed by atoms with Gasteiger partial charge in [0.15, 0.2) is 5.66 Å². The molecule has 2 N–H and O–H groups in total. The van der Waals surface area contributed by atoms with Crippen LogP contribution in [0.5, 0.6) is 0 Å². The molecular formula is C5H11O5P. The van der Waals surface area contributed by atoms with Crippen LogP contribution in [0.1, 0.15) is 13.3 Å². The molecule has 0 aliphatic heterocycles. The van der Waals surface area contributed by atoms with Crippen LogP contribution in [0.3, 0.4) is 0 Å². The van der Waals surface area contributed by atoms with Crippen LogP contribution in [0.2, 0.25) is 0 Å². The number of ether oxygens (including phenoxy) is 1. The van der Waals surface area contributed by atoms with Gasteiger partial charge in [-0.1, -0.05) is 6.92 Å². The predicted molar refractivity (Wildman–Crippen MR) is 38.1 cm³/mol. The molecule has 0 radical (unpaired) electrons. The maximum Gasteiger partial charge on any atom is 0.339 e. The standard InChI is InChI=1S/C5H11O5P/c1-3-4(5(6)10-2)11(7,8)9/h4H,3H2,1-2H3,(H2,7,8,9). The Hall–Kier alpha value is -0.380. The van der Waals surface area contributed by atoms with Crippen molar-refractivity contribution in [3.8, 4) is 0 Å². The van der Waals surface area contributed by atoms with Crippen LogP contribution in [0.25, 0.3) is 0 Å². The molecule has 0 aromatic heterocycles. The molecule has 0 saturated heterocycles. The van der Waals surface area contributed by atoms with Crippen LogP contribution in [-0.4, -0.2) is 28.5 Å². The first-order valence-electron chi connectivity index (χ1n) is 3.06. The number of carbonyl (C=O) groups excluding carboxylic acids is 1. The normalized spacial score (nSPS) is 14.2. The Morgan fingerprint density at radius 2 is 2.09 bits per heavy atom. The molecule has 0 spiro atoms. The lowest BCUT2D eigenvalue weighted by molar-refractivity contribution is -0.140. The smallest absolute Gasteiger partial charge is 0.339 e. The van der Waals surface area contributed by atoms with Gasteiger partial charge in [-0.15, -0.1) is 0 Å². The minimum Gasteiger partial charge on any atom is -0.468 e. The molecule has 0 aromatic carbocycles. The van der Waals surface area contributed by atoms with Crippen molar-refractivity contribution in [1.82, 2.24) is 0 Å². The van der Waals surface area contributed by atoms with Gasteiger partial charge in [-0.25, -0.2) is 0 Å². The maximum absolute atomic E-state index is 10.7. The molecule has 1 atom stereocenters. The van der Waals surface area contributed by atoms with Gasteiger partial charge in [0.25, 0.3) is 0 Å². The second-order valence-electron chi connectivity index (χ2n) is 2.04. The van der Waals surface area contributed by atoms with Gasteiger partial charge in [-0.3, -0.25) is 9.36 Å². The van der Waals surface area contributed by atoms with E-state index in [1.807, 2.05) is 0 Å². The van der Waals surface area contributed by atoms with Gasteiger partial charge in [-0.05, 0) is 6.42 Å². The average Bonchev–Trinajstić information content (AvgIpc) is 1.86. The molecule has 6 heteroatoms. The molecule has 11 heavy (non-hydrogen) atoms. The Morgan fingerprint density at radius 3 is 2.18 bits per heavy atom. The number of esters is 1. The number of methoxy groups -OCH3 is 1. The molecule has 0 aliphatic carbocycles. The zero-order chi connectivity index (χ0) is 9.07. The highest BCUT2D eigenvalue weighted by molar-refractivity contribution is 7.53. The highest BCUT2D eigenvalue weighted by Gasteiger charge is 2.34. The first-order valence-corrected chi connectivity index (χ1v) is 4.74. The van der Waals surface area contributed by atoms with E-state index in [1.165, 1.54) is 6.92 Å². The first kappa shape index (κ1) is 10.6. The third-order valence-electron chi connectivity index (χ3n) is 1.27. The first-order chi connectivity index (χ1) is 4.93. The van der Waals surface area contributed by atoms with Crippen molar-refractivity contribution >= 4 is 13.6 Å². The predicted octanol–water partition coefficient (Wildman–Crippen LogP) is 0.116. The SMILES string of the molecule is CCC(C(=O)OC)P(=O)(O)O. The van der Waals surface area contributed by atoms with Crippen molar-refractivity contribution < 1.29 is 23.9 Å². The zero-order valence-electron chi connectivity index (χ0n) is 6.35. The second-order valence-corrected chi connectivity index (χ2v) is 3.84. The van der Waals surface area contributed by atoms with E-state index in [4.69, 9.17) is 9.79 Å². The summed E-state index contributed by atoms with van der Waals surface area (Å²) in [7, 11) is -3.23. The van der Waals surface area contributed by atoms with Gasteiger partial charge in [0.1, 0.15) is 0 Å². The molecule has 0 bridgehead atoms. The number of hydrogen-bond donors (Lipinski definition) is 2. The summed E-state index contributed by atoms with van der Waals surface area (Å²) in [4.78, 5) is 27.9. The van der Waals surface area contributed by atoms with E-state index in [-0.39, 0.29) is 6.42 Å². The van der Waals surface area contributed by atoms with Crippen molar-refractivity contribution in [2.24, 2.45) is 0 Å². The van der Waals surface area contributed by atoms with Crippen LogP contribution < -0.4 is 0 Å².